The third kappa shape index (κ3) is 1.96. The predicted octanol–water partition coefficient (Wildman–Crippen LogP) is 3.01. The molecule has 0 saturated carbocycles. The minimum absolute atomic E-state index is 0.266. The number of rotatable bonds is 3. The van der Waals surface area contributed by atoms with Gasteiger partial charge in [-0.2, -0.15) is 5.10 Å². The average Bonchev–Trinajstić information content (AvgIpc) is 3.12. The SMILES string of the molecule is CN(Cc1ncn[nH]1)C1c2ccccc2-c2ccccc21. The molecule has 1 aromatic heterocycles. The highest BCUT2D eigenvalue weighted by atomic mass is 15.2. The van der Waals surface area contributed by atoms with Gasteiger partial charge in [0.15, 0.2) is 0 Å². The number of aromatic amines is 1. The van der Waals surface area contributed by atoms with Crippen molar-refractivity contribution in [2.24, 2.45) is 0 Å². The highest BCUT2D eigenvalue weighted by Gasteiger charge is 2.31. The van der Waals surface area contributed by atoms with E-state index in [1.807, 2.05) is 0 Å². The third-order valence-electron chi connectivity index (χ3n) is 4.11. The summed E-state index contributed by atoms with van der Waals surface area (Å²) in [6, 6.07) is 17.5. The summed E-state index contributed by atoms with van der Waals surface area (Å²) in [6.07, 6.45) is 1.56. The van der Waals surface area contributed by atoms with Gasteiger partial charge in [-0.3, -0.25) is 10.00 Å². The minimum Gasteiger partial charge on any atom is -0.288 e. The number of aromatic nitrogens is 3. The van der Waals surface area contributed by atoms with Crippen LogP contribution in [0.2, 0.25) is 0 Å². The van der Waals surface area contributed by atoms with E-state index in [2.05, 4.69) is 75.7 Å². The van der Waals surface area contributed by atoms with E-state index in [1.165, 1.54) is 22.3 Å². The van der Waals surface area contributed by atoms with Crippen LogP contribution in [-0.4, -0.2) is 27.1 Å². The van der Waals surface area contributed by atoms with E-state index >= 15 is 0 Å². The molecule has 1 aliphatic rings. The molecule has 0 atom stereocenters. The molecule has 0 aliphatic heterocycles. The number of H-pyrrole nitrogens is 1. The van der Waals surface area contributed by atoms with E-state index in [4.69, 9.17) is 0 Å². The van der Waals surface area contributed by atoms with E-state index < -0.39 is 0 Å². The Morgan fingerprint density at radius 1 is 1.00 bits per heavy atom. The standard InChI is InChI=1S/C17H16N4/c1-21(10-16-18-11-19-20-16)17-14-8-4-2-6-12(14)13-7-3-5-9-15(13)17/h2-9,11,17H,10H2,1H3,(H,18,19,20). The topological polar surface area (TPSA) is 44.8 Å². The molecule has 1 aliphatic carbocycles. The fourth-order valence-corrected chi connectivity index (χ4v) is 3.24. The van der Waals surface area contributed by atoms with E-state index in [0.717, 1.165) is 12.4 Å². The predicted molar refractivity (Wildman–Crippen MR) is 81.6 cm³/mol. The summed E-state index contributed by atoms with van der Waals surface area (Å²) < 4.78 is 0. The van der Waals surface area contributed by atoms with Crippen LogP contribution >= 0.6 is 0 Å². The zero-order chi connectivity index (χ0) is 14.2. The van der Waals surface area contributed by atoms with Gasteiger partial charge in [-0.05, 0) is 29.3 Å². The second-order valence-electron chi connectivity index (χ2n) is 5.42. The summed E-state index contributed by atoms with van der Waals surface area (Å²) in [7, 11) is 2.13. The summed E-state index contributed by atoms with van der Waals surface area (Å²) in [5, 5.41) is 6.86. The van der Waals surface area contributed by atoms with Gasteiger partial charge in [0.25, 0.3) is 0 Å². The lowest BCUT2D eigenvalue weighted by Gasteiger charge is -2.25. The number of fused-ring (bicyclic) bond motifs is 3. The Bertz CT molecular complexity index is 718. The first-order valence-corrected chi connectivity index (χ1v) is 7.07. The van der Waals surface area contributed by atoms with Crippen molar-refractivity contribution in [1.29, 1.82) is 0 Å². The first-order chi connectivity index (χ1) is 10.3. The lowest BCUT2D eigenvalue weighted by Crippen LogP contribution is -2.24. The Morgan fingerprint density at radius 2 is 1.62 bits per heavy atom. The van der Waals surface area contributed by atoms with Crippen LogP contribution in [0.4, 0.5) is 0 Å². The first-order valence-electron chi connectivity index (χ1n) is 7.07. The average molecular weight is 276 g/mol. The van der Waals surface area contributed by atoms with Gasteiger partial charge in [0.2, 0.25) is 0 Å². The number of nitrogens with zero attached hydrogens (tertiary/aromatic N) is 3. The van der Waals surface area contributed by atoms with Gasteiger partial charge < -0.3 is 0 Å². The molecule has 3 aromatic rings. The molecule has 0 bridgehead atoms. The Kier molecular flexibility index (Phi) is 2.82. The zero-order valence-electron chi connectivity index (χ0n) is 11.8. The quantitative estimate of drug-likeness (QED) is 0.800. The van der Waals surface area contributed by atoms with Crippen LogP contribution in [0.1, 0.15) is 23.0 Å². The van der Waals surface area contributed by atoms with Crippen LogP contribution in [0.15, 0.2) is 54.9 Å². The van der Waals surface area contributed by atoms with Gasteiger partial charge in [0.05, 0.1) is 12.6 Å². The molecular formula is C17H16N4. The summed E-state index contributed by atoms with van der Waals surface area (Å²) in [5.41, 5.74) is 5.39. The summed E-state index contributed by atoms with van der Waals surface area (Å²) in [5.74, 6) is 0.888. The zero-order valence-corrected chi connectivity index (χ0v) is 11.8. The lowest BCUT2D eigenvalue weighted by molar-refractivity contribution is 0.268. The first kappa shape index (κ1) is 12.3. The normalized spacial score (nSPS) is 13.4. The van der Waals surface area contributed by atoms with Gasteiger partial charge >= 0.3 is 0 Å². The van der Waals surface area contributed by atoms with Crippen LogP contribution in [-0.2, 0) is 6.54 Å². The van der Waals surface area contributed by atoms with Crippen LogP contribution in [0.3, 0.4) is 0 Å². The molecule has 0 unspecified atom stereocenters. The van der Waals surface area contributed by atoms with Crippen molar-refractivity contribution in [1.82, 2.24) is 20.1 Å². The van der Waals surface area contributed by atoms with Crippen molar-refractivity contribution in [3.8, 4) is 11.1 Å². The van der Waals surface area contributed by atoms with E-state index in [9.17, 15) is 0 Å². The van der Waals surface area contributed by atoms with Gasteiger partial charge in [-0.15, -0.1) is 0 Å². The number of nitrogens with one attached hydrogen (secondary N) is 1. The molecule has 4 rings (SSSR count). The van der Waals surface area contributed by atoms with Crippen LogP contribution < -0.4 is 0 Å². The number of hydrogen-bond acceptors (Lipinski definition) is 3. The molecule has 0 saturated heterocycles. The van der Waals surface area contributed by atoms with Crippen molar-refractivity contribution in [3.05, 3.63) is 71.8 Å². The molecule has 2 aromatic carbocycles. The third-order valence-corrected chi connectivity index (χ3v) is 4.11. The molecule has 0 fully saturated rings. The summed E-state index contributed by atoms with van der Waals surface area (Å²) in [4.78, 5) is 6.54. The maximum absolute atomic E-state index is 4.23. The molecule has 0 spiro atoms. The maximum Gasteiger partial charge on any atom is 0.138 e. The van der Waals surface area contributed by atoms with Crippen molar-refractivity contribution in [2.45, 2.75) is 12.6 Å². The molecule has 4 nitrogen and oxygen atoms in total. The second-order valence-corrected chi connectivity index (χ2v) is 5.42. The van der Waals surface area contributed by atoms with Gasteiger partial charge in [-0.25, -0.2) is 4.98 Å². The van der Waals surface area contributed by atoms with Crippen molar-refractivity contribution >= 4 is 0 Å². The fourth-order valence-electron chi connectivity index (χ4n) is 3.24. The van der Waals surface area contributed by atoms with Crippen LogP contribution in [0.25, 0.3) is 11.1 Å². The van der Waals surface area contributed by atoms with Crippen LogP contribution in [0, 0.1) is 0 Å². The Morgan fingerprint density at radius 3 is 2.19 bits per heavy atom. The molecule has 104 valence electrons. The monoisotopic (exact) mass is 276 g/mol. The molecule has 4 heteroatoms. The molecule has 0 radical (unpaired) electrons. The Labute approximate surface area is 123 Å². The van der Waals surface area contributed by atoms with Crippen LogP contribution in [0.5, 0.6) is 0 Å². The van der Waals surface area contributed by atoms with Gasteiger partial charge in [0.1, 0.15) is 12.2 Å². The smallest absolute Gasteiger partial charge is 0.138 e. The Balaban J connectivity index is 1.77. The number of hydrogen-bond donors (Lipinski definition) is 1. The molecular weight excluding hydrogens is 260 g/mol. The number of benzene rings is 2. The van der Waals surface area contributed by atoms with E-state index in [1.54, 1.807) is 6.33 Å². The van der Waals surface area contributed by atoms with Crippen molar-refractivity contribution in [3.63, 3.8) is 0 Å². The van der Waals surface area contributed by atoms with E-state index in [0.29, 0.717) is 0 Å². The molecule has 21 heavy (non-hydrogen) atoms. The maximum atomic E-state index is 4.23. The fraction of sp³-hybridized carbons (Fsp3) is 0.176. The summed E-state index contributed by atoms with van der Waals surface area (Å²) >= 11 is 0. The van der Waals surface area contributed by atoms with Crippen molar-refractivity contribution < 1.29 is 0 Å². The van der Waals surface area contributed by atoms with Crippen molar-refractivity contribution in [2.75, 3.05) is 7.05 Å². The lowest BCUT2D eigenvalue weighted by atomic mass is 10.0. The minimum atomic E-state index is 0.266. The van der Waals surface area contributed by atoms with Gasteiger partial charge in [0, 0.05) is 0 Å². The largest absolute Gasteiger partial charge is 0.288 e. The van der Waals surface area contributed by atoms with E-state index in [-0.39, 0.29) is 6.04 Å². The summed E-state index contributed by atoms with van der Waals surface area (Å²) in [6.45, 7) is 0.743. The van der Waals surface area contributed by atoms with Gasteiger partial charge in [-0.1, -0.05) is 48.5 Å². The molecule has 1 heterocycles. The highest BCUT2D eigenvalue weighted by Crippen LogP contribution is 2.45. The Hall–Kier alpha value is -2.46. The molecule has 1 N–H and O–H groups in total. The molecule has 0 amide bonds. The highest BCUT2D eigenvalue weighted by molar-refractivity contribution is 5.78. The second kappa shape index (κ2) is 4.82.